The fourth-order valence-electron chi connectivity index (χ4n) is 4.16. The molecule has 0 saturated heterocycles. The smallest absolute Gasteiger partial charge is 0.389 e. The van der Waals surface area contributed by atoms with Gasteiger partial charge in [-0.2, -0.15) is 149 Å². The Hall–Kier alpha value is -2.54. The summed E-state index contributed by atoms with van der Waals surface area (Å²) in [6.45, 7) is -5.86. The second-order valence-electron chi connectivity index (χ2n) is 12.9. The molecule has 0 bridgehead atoms. The molecule has 0 aromatic heterocycles. The maximum atomic E-state index is 13.9. The molecule has 4 nitrogen and oxygen atoms in total. The molecule has 0 heterocycles. The van der Waals surface area contributed by atoms with Gasteiger partial charge in [-0.15, -0.1) is 0 Å². The van der Waals surface area contributed by atoms with Crippen LogP contribution in [0.25, 0.3) is 0 Å². The van der Waals surface area contributed by atoms with Gasteiger partial charge in [0.25, 0.3) is 0 Å². The molecule has 38 heteroatoms. The van der Waals surface area contributed by atoms with E-state index in [0.717, 1.165) is 0 Å². The lowest BCUT2D eigenvalue weighted by Crippen LogP contribution is -2.74. The van der Waals surface area contributed by atoms with E-state index in [4.69, 9.17) is 5.73 Å². The maximum Gasteiger partial charge on any atom is 0.460 e. The normalized spacial score (nSPS) is 17.2. The van der Waals surface area contributed by atoms with Gasteiger partial charge in [-0.3, -0.25) is 0 Å². The van der Waals surface area contributed by atoms with E-state index in [1.165, 1.54) is 0 Å². The monoisotopic (exact) mass is 1040 g/mol. The first-order chi connectivity index (χ1) is 27.5. The molecule has 0 radical (unpaired) electrons. The molecular weight excluding hydrogens is 1020 g/mol. The van der Waals surface area contributed by atoms with Crippen molar-refractivity contribution in [3.05, 3.63) is 0 Å². The van der Waals surface area contributed by atoms with Crippen LogP contribution >= 0.6 is 0 Å². The minimum Gasteiger partial charge on any atom is -0.389 e. The Morgan fingerprint density at radius 1 is 0.312 bits per heavy atom. The van der Waals surface area contributed by atoms with Crippen LogP contribution in [0.5, 0.6) is 0 Å². The van der Waals surface area contributed by atoms with E-state index >= 15 is 0 Å². The molecule has 0 amide bonds. The molecule has 0 rings (SSSR count). The van der Waals surface area contributed by atoms with Crippen LogP contribution in [0.3, 0.4) is 0 Å². The molecule has 3 N–H and O–H groups in total. The van der Waals surface area contributed by atoms with Gasteiger partial charge in [-0.25, -0.2) is 0 Å². The van der Waals surface area contributed by atoms with Crippen molar-refractivity contribution in [3.63, 3.8) is 0 Å². The standard InChI is InChI=1S/C26H21F34NO3/c27-11(28,13(31,32)15(35,36)17(39,40)19(43,44)21(47,48)23(51,52)25(55,56)57)3-1-5-63-7-9(61)10(62)8-64-6-2-4-12(29,30)14(33,34)16(37,38)18(41,42)20(45,46)22(49,50)24(53,54)26(58,59)60/h9-10,62H,1-8,61H2/t9-,10+/m0/s1. The molecule has 0 spiro atoms. The summed E-state index contributed by atoms with van der Waals surface area (Å²) in [4.78, 5) is 0. The van der Waals surface area contributed by atoms with Crippen molar-refractivity contribution in [1.82, 2.24) is 0 Å². The molecule has 0 aromatic rings. The van der Waals surface area contributed by atoms with Crippen LogP contribution in [0.4, 0.5) is 149 Å². The van der Waals surface area contributed by atoms with E-state index in [0.29, 0.717) is 0 Å². The lowest BCUT2D eigenvalue weighted by Gasteiger charge is -2.42. The number of hydrogen-bond acceptors (Lipinski definition) is 4. The number of rotatable bonds is 25. The maximum absolute atomic E-state index is 13.9. The van der Waals surface area contributed by atoms with Gasteiger partial charge in [0.15, 0.2) is 0 Å². The molecule has 386 valence electrons. The van der Waals surface area contributed by atoms with Crippen LogP contribution in [0.15, 0.2) is 0 Å². The SMILES string of the molecule is N[C@@H](COCCCC(F)(F)C(F)(F)C(F)(F)C(F)(F)C(F)(F)C(F)(F)C(F)(F)C(F)(F)F)[C@H](O)COCCCC(F)(F)C(F)(F)C(F)(F)C(F)(F)C(F)(F)C(F)(F)C(F)(F)C(F)(F)F. The summed E-state index contributed by atoms with van der Waals surface area (Å²) in [6.07, 6.45) is -27.9. The molecule has 0 aromatic carbocycles. The highest BCUT2D eigenvalue weighted by molar-refractivity contribution is 5.16. The fourth-order valence-corrected chi connectivity index (χ4v) is 4.16. The van der Waals surface area contributed by atoms with Crippen molar-refractivity contribution in [2.45, 2.75) is 133 Å². The number of hydrogen-bond donors (Lipinski definition) is 2. The summed E-state index contributed by atoms with van der Waals surface area (Å²) in [6, 6.07) is -2.04. The minimum atomic E-state index is -8.88. The average molecular weight is 1040 g/mol. The van der Waals surface area contributed by atoms with Gasteiger partial charge in [0.2, 0.25) is 0 Å². The zero-order valence-electron chi connectivity index (χ0n) is 29.5. The summed E-state index contributed by atoms with van der Waals surface area (Å²) >= 11 is 0. The Kier molecular flexibility index (Phi) is 17.1. The van der Waals surface area contributed by atoms with E-state index in [1.807, 2.05) is 0 Å². The highest BCUT2D eigenvalue weighted by Crippen LogP contribution is 2.66. The quantitative estimate of drug-likeness (QED) is 0.0706. The van der Waals surface area contributed by atoms with Crippen molar-refractivity contribution < 1.29 is 164 Å². The summed E-state index contributed by atoms with van der Waals surface area (Å²) < 4.78 is 461. The molecule has 0 aliphatic rings. The summed E-state index contributed by atoms with van der Waals surface area (Å²) in [5.74, 6) is -117. The fraction of sp³-hybridized carbons (Fsp3) is 1.00. The molecular formula is C26H21F34NO3. The Morgan fingerprint density at radius 2 is 0.516 bits per heavy atom. The van der Waals surface area contributed by atoms with Gasteiger partial charge in [0.1, 0.15) is 0 Å². The van der Waals surface area contributed by atoms with Crippen molar-refractivity contribution >= 4 is 0 Å². The lowest BCUT2D eigenvalue weighted by atomic mass is 9.88. The Balaban J connectivity index is 5.54. The molecule has 2 atom stereocenters. The molecule has 64 heavy (non-hydrogen) atoms. The van der Waals surface area contributed by atoms with Crippen LogP contribution in [-0.2, 0) is 9.47 Å². The third kappa shape index (κ3) is 9.60. The van der Waals surface area contributed by atoms with E-state index in [2.05, 4.69) is 9.47 Å². The number of aliphatic hydroxyl groups excluding tert-OH is 1. The van der Waals surface area contributed by atoms with Crippen molar-refractivity contribution in [2.24, 2.45) is 5.73 Å². The molecule has 0 saturated carbocycles. The molecule has 0 aliphatic heterocycles. The van der Waals surface area contributed by atoms with E-state index in [1.54, 1.807) is 0 Å². The molecule has 0 aliphatic carbocycles. The number of nitrogens with two attached hydrogens (primary N) is 1. The van der Waals surface area contributed by atoms with Crippen LogP contribution in [-0.4, -0.2) is 139 Å². The first-order valence-corrected chi connectivity index (χ1v) is 15.5. The summed E-state index contributed by atoms with van der Waals surface area (Å²) in [7, 11) is 0. The van der Waals surface area contributed by atoms with Crippen LogP contribution in [0.1, 0.15) is 25.7 Å². The second kappa shape index (κ2) is 17.8. The average Bonchev–Trinajstić information content (AvgIpc) is 3.08. The van der Waals surface area contributed by atoms with Crippen LogP contribution in [0.2, 0.25) is 0 Å². The minimum absolute atomic E-state index is 1.32. The Morgan fingerprint density at radius 3 is 0.750 bits per heavy atom. The lowest BCUT2D eigenvalue weighted by molar-refractivity contribution is -0.461. The molecule has 0 unspecified atom stereocenters. The largest absolute Gasteiger partial charge is 0.460 e. The third-order valence-electron chi connectivity index (χ3n) is 8.23. The van der Waals surface area contributed by atoms with Gasteiger partial charge in [0, 0.05) is 26.1 Å². The van der Waals surface area contributed by atoms with Crippen molar-refractivity contribution in [3.8, 4) is 0 Å². The van der Waals surface area contributed by atoms with Gasteiger partial charge in [0.05, 0.1) is 25.4 Å². The highest BCUT2D eigenvalue weighted by atomic mass is 19.4. The van der Waals surface area contributed by atoms with E-state index in [-0.39, 0.29) is 0 Å². The predicted molar refractivity (Wildman–Crippen MR) is 135 cm³/mol. The zero-order valence-corrected chi connectivity index (χ0v) is 29.5. The number of ether oxygens (including phenoxy) is 2. The third-order valence-corrected chi connectivity index (χ3v) is 8.23. The van der Waals surface area contributed by atoms with Gasteiger partial charge in [-0.05, 0) is 12.8 Å². The van der Waals surface area contributed by atoms with Crippen LogP contribution in [0, 0.1) is 0 Å². The summed E-state index contributed by atoms with van der Waals surface area (Å²) in [5, 5.41) is 9.69. The Labute approximate surface area is 330 Å². The number of alkyl halides is 34. The van der Waals surface area contributed by atoms with E-state index < -0.39 is 160 Å². The zero-order chi connectivity index (χ0) is 52.2. The van der Waals surface area contributed by atoms with Gasteiger partial charge in [-0.1, -0.05) is 0 Å². The number of halogens is 34. The van der Waals surface area contributed by atoms with E-state index in [9.17, 15) is 154 Å². The first-order valence-electron chi connectivity index (χ1n) is 15.5. The predicted octanol–water partition coefficient (Wildman–Crippen LogP) is 11.3. The molecule has 0 fully saturated rings. The van der Waals surface area contributed by atoms with Gasteiger partial charge < -0.3 is 20.3 Å². The number of aliphatic hydroxyl groups is 1. The highest BCUT2D eigenvalue weighted by Gasteiger charge is 2.96. The first kappa shape index (κ1) is 61.5. The van der Waals surface area contributed by atoms with Crippen molar-refractivity contribution in [2.75, 3.05) is 26.4 Å². The topological polar surface area (TPSA) is 64.7 Å². The van der Waals surface area contributed by atoms with Crippen molar-refractivity contribution in [1.29, 1.82) is 0 Å². The second-order valence-corrected chi connectivity index (χ2v) is 12.9. The van der Waals surface area contributed by atoms with Gasteiger partial charge >= 0.3 is 95.3 Å². The van der Waals surface area contributed by atoms with Crippen LogP contribution < -0.4 is 5.73 Å². The summed E-state index contributed by atoms with van der Waals surface area (Å²) in [5.41, 5.74) is 5.18. The Bertz CT molecular complexity index is 1420.